The van der Waals surface area contributed by atoms with Crippen molar-refractivity contribution in [3.63, 3.8) is 0 Å². The van der Waals surface area contributed by atoms with Gasteiger partial charge in [-0.3, -0.25) is 9.78 Å². The largest absolute Gasteiger partial charge is 0.368 e. The fraction of sp³-hybridized carbons (Fsp3) is 0.478. The van der Waals surface area contributed by atoms with Crippen LogP contribution in [-0.4, -0.2) is 54.6 Å². The molecular weight excluding hydrogens is 348 g/mol. The molecule has 1 aromatic carbocycles. The summed E-state index contributed by atoms with van der Waals surface area (Å²) in [5.41, 5.74) is 3.06. The van der Waals surface area contributed by atoms with Crippen molar-refractivity contribution >= 4 is 17.3 Å². The highest BCUT2D eigenvalue weighted by molar-refractivity contribution is 5.95. The van der Waals surface area contributed by atoms with Gasteiger partial charge in [0.2, 0.25) is 0 Å². The lowest BCUT2D eigenvalue weighted by Gasteiger charge is -2.37. The third-order valence-corrected chi connectivity index (χ3v) is 6.10. The Hall–Kier alpha value is -2.56. The van der Waals surface area contributed by atoms with E-state index in [4.69, 9.17) is 0 Å². The van der Waals surface area contributed by atoms with Gasteiger partial charge >= 0.3 is 0 Å². The topological polar surface area (TPSA) is 39.7 Å². The van der Waals surface area contributed by atoms with E-state index in [9.17, 15) is 4.79 Å². The molecule has 0 aliphatic carbocycles. The summed E-state index contributed by atoms with van der Waals surface area (Å²) in [7, 11) is 0. The summed E-state index contributed by atoms with van der Waals surface area (Å²) in [6.45, 7) is 6.89. The Labute approximate surface area is 168 Å². The summed E-state index contributed by atoms with van der Waals surface area (Å²) in [5, 5.41) is 0. The van der Waals surface area contributed by atoms with E-state index in [1.165, 1.54) is 12.1 Å². The number of amides is 1. The molecule has 0 bridgehead atoms. The monoisotopic (exact) mass is 378 g/mol. The van der Waals surface area contributed by atoms with Crippen LogP contribution < -0.4 is 9.80 Å². The minimum absolute atomic E-state index is 0.142. The Morgan fingerprint density at radius 1 is 0.964 bits per heavy atom. The van der Waals surface area contributed by atoms with Crippen molar-refractivity contribution in [2.45, 2.75) is 38.6 Å². The van der Waals surface area contributed by atoms with Crippen LogP contribution in [0.1, 0.15) is 43.0 Å². The predicted octanol–water partition coefficient (Wildman–Crippen LogP) is 3.81. The van der Waals surface area contributed by atoms with E-state index >= 15 is 0 Å². The molecule has 5 heteroatoms. The zero-order chi connectivity index (χ0) is 19.3. The Bertz CT molecular complexity index is 786. The number of carbonyl (C=O) groups is 1. The van der Waals surface area contributed by atoms with E-state index in [-0.39, 0.29) is 5.91 Å². The third kappa shape index (κ3) is 3.98. The van der Waals surface area contributed by atoms with Gasteiger partial charge in [-0.2, -0.15) is 0 Å². The first-order chi connectivity index (χ1) is 13.8. The summed E-state index contributed by atoms with van der Waals surface area (Å²) in [6, 6.07) is 13.0. The quantitative estimate of drug-likeness (QED) is 0.811. The van der Waals surface area contributed by atoms with Gasteiger partial charge in [0.1, 0.15) is 0 Å². The number of pyridine rings is 1. The summed E-state index contributed by atoms with van der Waals surface area (Å²) < 4.78 is 0. The maximum absolute atomic E-state index is 13.1. The molecule has 2 aliphatic rings. The van der Waals surface area contributed by atoms with Crippen LogP contribution in [0.2, 0.25) is 0 Å². The summed E-state index contributed by atoms with van der Waals surface area (Å²) in [4.78, 5) is 24.3. The van der Waals surface area contributed by atoms with E-state index in [0.29, 0.717) is 6.04 Å². The van der Waals surface area contributed by atoms with E-state index in [0.717, 1.165) is 63.2 Å². The van der Waals surface area contributed by atoms with Crippen molar-refractivity contribution in [1.82, 2.24) is 9.88 Å². The van der Waals surface area contributed by atoms with Crippen molar-refractivity contribution in [2.75, 3.05) is 42.5 Å². The molecule has 1 amide bonds. The van der Waals surface area contributed by atoms with Gasteiger partial charge < -0.3 is 14.7 Å². The molecule has 0 spiro atoms. The molecule has 2 fully saturated rings. The number of piperidine rings is 1. The first-order valence-electron chi connectivity index (χ1n) is 10.6. The first kappa shape index (κ1) is 18.8. The molecule has 148 valence electrons. The number of hydrogen-bond donors (Lipinski definition) is 0. The van der Waals surface area contributed by atoms with Gasteiger partial charge in [-0.1, -0.05) is 25.1 Å². The number of para-hydroxylation sites is 1. The summed E-state index contributed by atoms with van der Waals surface area (Å²) in [6.07, 6.45) is 8.11. The van der Waals surface area contributed by atoms with E-state index in [2.05, 4.69) is 56.9 Å². The molecule has 1 atom stereocenters. The normalized spacial score (nSPS) is 20.3. The van der Waals surface area contributed by atoms with Crippen molar-refractivity contribution in [3.05, 3.63) is 54.4 Å². The Morgan fingerprint density at radius 2 is 1.68 bits per heavy atom. The maximum Gasteiger partial charge on any atom is 0.255 e. The molecule has 1 aromatic heterocycles. The molecule has 2 saturated heterocycles. The molecule has 0 N–H and O–H groups in total. The van der Waals surface area contributed by atoms with Crippen LogP contribution in [0.3, 0.4) is 0 Å². The van der Waals surface area contributed by atoms with Crippen molar-refractivity contribution < 1.29 is 4.79 Å². The Kier molecular flexibility index (Phi) is 5.79. The molecule has 0 saturated carbocycles. The molecular formula is C23H30N4O. The van der Waals surface area contributed by atoms with E-state index in [1.54, 1.807) is 6.20 Å². The standard InChI is InChI=1S/C23H30N4O/c1-2-20-8-6-7-11-27(20)23(28)19-16-22(18-24-17-19)26-14-12-25(13-15-26)21-9-4-3-5-10-21/h3-5,9-10,16-18,20H,2,6-8,11-15H2,1H3. The minimum atomic E-state index is 0.142. The second-order valence-corrected chi connectivity index (χ2v) is 7.80. The highest BCUT2D eigenvalue weighted by Crippen LogP contribution is 2.24. The number of nitrogens with zero attached hydrogens (tertiary/aromatic N) is 4. The van der Waals surface area contributed by atoms with Crippen LogP contribution in [0.4, 0.5) is 11.4 Å². The molecule has 5 nitrogen and oxygen atoms in total. The molecule has 3 heterocycles. The highest BCUT2D eigenvalue weighted by atomic mass is 16.2. The van der Waals surface area contributed by atoms with Crippen molar-refractivity contribution in [1.29, 1.82) is 0 Å². The van der Waals surface area contributed by atoms with Gasteiger partial charge in [-0.25, -0.2) is 0 Å². The van der Waals surface area contributed by atoms with Crippen LogP contribution in [0, 0.1) is 0 Å². The number of likely N-dealkylation sites (tertiary alicyclic amines) is 1. The van der Waals surface area contributed by atoms with Crippen LogP contribution in [-0.2, 0) is 0 Å². The van der Waals surface area contributed by atoms with Gasteiger partial charge in [-0.05, 0) is 43.9 Å². The zero-order valence-electron chi connectivity index (χ0n) is 16.8. The van der Waals surface area contributed by atoms with E-state index < -0.39 is 0 Å². The van der Waals surface area contributed by atoms with Crippen LogP contribution in [0.5, 0.6) is 0 Å². The third-order valence-electron chi connectivity index (χ3n) is 6.10. The second-order valence-electron chi connectivity index (χ2n) is 7.80. The van der Waals surface area contributed by atoms with Gasteiger partial charge in [0, 0.05) is 50.6 Å². The number of aromatic nitrogens is 1. The molecule has 2 aliphatic heterocycles. The fourth-order valence-electron chi connectivity index (χ4n) is 4.44. The number of hydrogen-bond acceptors (Lipinski definition) is 4. The van der Waals surface area contributed by atoms with Crippen molar-refractivity contribution in [3.8, 4) is 0 Å². The molecule has 2 aromatic rings. The van der Waals surface area contributed by atoms with E-state index in [1.807, 2.05) is 12.3 Å². The Morgan fingerprint density at radius 3 is 2.39 bits per heavy atom. The van der Waals surface area contributed by atoms with Crippen LogP contribution >= 0.6 is 0 Å². The number of benzene rings is 1. The average Bonchev–Trinajstić information content (AvgIpc) is 2.79. The van der Waals surface area contributed by atoms with Gasteiger partial charge in [0.15, 0.2) is 0 Å². The predicted molar refractivity (Wildman–Crippen MR) is 114 cm³/mol. The minimum Gasteiger partial charge on any atom is -0.368 e. The summed E-state index contributed by atoms with van der Waals surface area (Å²) in [5.74, 6) is 0.142. The lowest BCUT2D eigenvalue weighted by atomic mass is 9.99. The molecule has 1 unspecified atom stereocenters. The fourth-order valence-corrected chi connectivity index (χ4v) is 4.44. The van der Waals surface area contributed by atoms with Crippen molar-refractivity contribution in [2.24, 2.45) is 0 Å². The smallest absolute Gasteiger partial charge is 0.255 e. The maximum atomic E-state index is 13.1. The molecule has 4 rings (SSSR count). The summed E-state index contributed by atoms with van der Waals surface area (Å²) >= 11 is 0. The Balaban J connectivity index is 1.43. The first-order valence-corrected chi connectivity index (χ1v) is 10.6. The number of carbonyl (C=O) groups excluding carboxylic acids is 1. The number of anilines is 2. The van der Waals surface area contributed by atoms with Gasteiger partial charge in [-0.15, -0.1) is 0 Å². The van der Waals surface area contributed by atoms with Crippen LogP contribution in [0.25, 0.3) is 0 Å². The van der Waals surface area contributed by atoms with Gasteiger partial charge in [0.25, 0.3) is 5.91 Å². The number of rotatable bonds is 4. The van der Waals surface area contributed by atoms with Gasteiger partial charge in [0.05, 0.1) is 17.4 Å². The molecule has 28 heavy (non-hydrogen) atoms. The average molecular weight is 379 g/mol. The number of piperazine rings is 1. The lowest BCUT2D eigenvalue weighted by molar-refractivity contribution is 0.0607. The molecule has 0 radical (unpaired) electrons. The highest BCUT2D eigenvalue weighted by Gasteiger charge is 2.27. The van der Waals surface area contributed by atoms with Crippen LogP contribution in [0.15, 0.2) is 48.8 Å². The lowest BCUT2D eigenvalue weighted by Crippen LogP contribution is -2.46. The zero-order valence-corrected chi connectivity index (χ0v) is 16.8. The SMILES string of the molecule is CCC1CCCCN1C(=O)c1cncc(N2CCN(c3ccccc3)CC2)c1. The second kappa shape index (κ2) is 8.63.